The summed E-state index contributed by atoms with van der Waals surface area (Å²) in [7, 11) is 1.33. The van der Waals surface area contributed by atoms with Crippen molar-refractivity contribution in [2.75, 3.05) is 7.11 Å². The number of ether oxygens (including phenoxy) is 2. The molecule has 0 bridgehead atoms. The van der Waals surface area contributed by atoms with E-state index in [0.29, 0.717) is 16.9 Å². The van der Waals surface area contributed by atoms with E-state index in [1.54, 1.807) is 0 Å². The van der Waals surface area contributed by atoms with Crippen LogP contribution < -0.4 is 10.5 Å². The first-order valence-corrected chi connectivity index (χ1v) is 9.15. The van der Waals surface area contributed by atoms with Crippen molar-refractivity contribution in [1.29, 1.82) is 5.26 Å². The van der Waals surface area contributed by atoms with Gasteiger partial charge in [0.05, 0.1) is 17.9 Å². The first-order chi connectivity index (χ1) is 13.1. The zero-order valence-corrected chi connectivity index (χ0v) is 15.6. The molecule has 0 saturated carbocycles. The molecule has 27 heavy (non-hydrogen) atoms. The molecule has 0 unspecified atom stereocenters. The van der Waals surface area contributed by atoms with E-state index in [9.17, 15) is 10.1 Å². The number of carbonyl (C=O) groups is 1. The van der Waals surface area contributed by atoms with Gasteiger partial charge in [0.25, 0.3) is 0 Å². The van der Waals surface area contributed by atoms with E-state index < -0.39 is 11.9 Å². The Hall–Kier alpha value is -3.30. The predicted molar refractivity (Wildman–Crippen MR) is 104 cm³/mol. The number of nitrogens with two attached hydrogens (primary N) is 1. The summed E-state index contributed by atoms with van der Waals surface area (Å²) in [5, 5.41) is 11.9. The van der Waals surface area contributed by atoms with Crippen LogP contribution >= 0.6 is 11.3 Å². The van der Waals surface area contributed by atoms with Gasteiger partial charge in [0.1, 0.15) is 17.2 Å². The molecule has 1 aromatic heterocycles. The van der Waals surface area contributed by atoms with Crippen LogP contribution in [0.3, 0.4) is 0 Å². The number of fused-ring (bicyclic) bond motifs is 2. The largest absolute Gasteiger partial charge is 0.465 e. The van der Waals surface area contributed by atoms with Crippen LogP contribution in [0.25, 0.3) is 10.8 Å². The summed E-state index contributed by atoms with van der Waals surface area (Å²) in [5.74, 6) is -0.466. The van der Waals surface area contributed by atoms with Crippen LogP contribution in [0.2, 0.25) is 0 Å². The maximum atomic E-state index is 12.3. The smallest absolute Gasteiger partial charge is 0.342 e. The molecule has 1 aliphatic heterocycles. The van der Waals surface area contributed by atoms with Gasteiger partial charge in [-0.1, -0.05) is 42.5 Å². The molecule has 5 nitrogen and oxygen atoms in total. The van der Waals surface area contributed by atoms with Crippen LogP contribution in [0.15, 0.2) is 53.9 Å². The van der Waals surface area contributed by atoms with Crippen molar-refractivity contribution in [2.24, 2.45) is 5.73 Å². The van der Waals surface area contributed by atoms with Gasteiger partial charge in [-0.25, -0.2) is 4.79 Å². The zero-order chi connectivity index (χ0) is 19.1. The molecule has 0 radical (unpaired) electrons. The van der Waals surface area contributed by atoms with Crippen molar-refractivity contribution >= 4 is 28.1 Å². The maximum Gasteiger partial charge on any atom is 0.342 e. The fourth-order valence-corrected chi connectivity index (χ4v) is 4.74. The Morgan fingerprint density at radius 2 is 2.00 bits per heavy atom. The molecule has 4 rings (SSSR count). The minimum Gasteiger partial charge on any atom is -0.465 e. The van der Waals surface area contributed by atoms with Gasteiger partial charge in [-0.3, -0.25) is 0 Å². The van der Waals surface area contributed by atoms with E-state index in [2.05, 4.69) is 6.07 Å². The van der Waals surface area contributed by atoms with Crippen molar-refractivity contribution in [2.45, 2.75) is 12.8 Å². The number of hydrogen-bond acceptors (Lipinski definition) is 6. The van der Waals surface area contributed by atoms with Crippen molar-refractivity contribution in [1.82, 2.24) is 0 Å². The van der Waals surface area contributed by atoms with E-state index >= 15 is 0 Å². The number of thiophene rings is 1. The highest BCUT2D eigenvalue weighted by Crippen LogP contribution is 2.50. The van der Waals surface area contributed by atoms with E-state index in [1.165, 1.54) is 18.4 Å². The Morgan fingerprint density at radius 1 is 1.26 bits per heavy atom. The number of esters is 1. The number of hydrogen-bond donors (Lipinski definition) is 1. The van der Waals surface area contributed by atoms with Crippen LogP contribution in [0.4, 0.5) is 0 Å². The molecule has 2 aromatic carbocycles. The second-order valence-corrected chi connectivity index (χ2v) is 7.47. The summed E-state index contributed by atoms with van der Waals surface area (Å²) in [4.78, 5) is 13.8. The van der Waals surface area contributed by atoms with Crippen LogP contribution in [0.1, 0.15) is 31.6 Å². The van der Waals surface area contributed by atoms with Crippen LogP contribution in [-0.2, 0) is 4.74 Å². The number of aryl methyl sites for hydroxylation is 1. The predicted octanol–water partition coefficient (Wildman–Crippen LogP) is 4.21. The van der Waals surface area contributed by atoms with Crippen molar-refractivity contribution in [3.63, 3.8) is 0 Å². The lowest BCUT2D eigenvalue weighted by Gasteiger charge is -2.25. The molecule has 2 heterocycles. The molecule has 1 atom stereocenters. The Morgan fingerprint density at radius 3 is 2.74 bits per heavy atom. The van der Waals surface area contributed by atoms with Crippen LogP contribution in [0, 0.1) is 18.3 Å². The Balaban J connectivity index is 2.03. The van der Waals surface area contributed by atoms with Gasteiger partial charge in [0, 0.05) is 4.88 Å². The van der Waals surface area contributed by atoms with Gasteiger partial charge in [0.15, 0.2) is 5.75 Å². The summed E-state index contributed by atoms with van der Waals surface area (Å²) < 4.78 is 10.6. The van der Waals surface area contributed by atoms with Crippen LogP contribution in [-0.4, -0.2) is 13.1 Å². The Labute approximate surface area is 160 Å². The monoisotopic (exact) mass is 376 g/mol. The molecular weight excluding hydrogens is 360 g/mol. The topological polar surface area (TPSA) is 85.3 Å². The molecule has 0 amide bonds. The van der Waals surface area contributed by atoms with E-state index in [-0.39, 0.29) is 5.88 Å². The van der Waals surface area contributed by atoms with Crippen molar-refractivity contribution in [3.05, 3.63) is 74.8 Å². The third-order valence-electron chi connectivity index (χ3n) is 4.74. The molecule has 0 aliphatic carbocycles. The van der Waals surface area contributed by atoms with Crippen molar-refractivity contribution < 1.29 is 14.3 Å². The third-order valence-corrected chi connectivity index (χ3v) is 5.89. The molecule has 0 saturated heterocycles. The van der Waals surface area contributed by atoms with Gasteiger partial charge in [-0.2, -0.15) is 5.26 Å². The number of rotatable bonds is 2. The van der Waals surface area contributed by atoms with Gasteiger partial charge in [-0.05, 0) is 23.3 Å². The SMILES string of the molecule is COC(=O)c1c(C)sc2c1OC(N)=C(C#N)[C@H]2c1cccc2ccccc12. The molecule has 6 heteroatoms. The lowest BCUT2D eigenvalue weighted by atomic mass is 9.85. The van der Waals surface area contributed by atoms with Gasteiger partial charge in [-0.15, -0.1) is 11.3 Å². The fraction of sp³-hybridized carbons (Fsp3) is 0.143. The first kappa shape index (κ1) is 17.1. The number of carbonyl (C=O) groups excluding carboxylic acids is 1. The lowest BCUT2D eigenvalue weighted by molar-refractivity contribution is 0.0597. The minimum absolute atomic E-state index is 0.0193. The average Bonchev–Trinajstić information content (AvgIpc) is 3.01. The second-order valence-electron chi connectivity index (χ2n) is 6.21. The summed E-state index contributed by atoms with van der Waals surface area (Å²) in [6, 6.07) is 16.2. The van der Waals surface area contributed by atoms with E-state index in [4.69, 9.17) is 15.2 Å². The quantitative estimate of drug-likeness (QED) is 0.677. The minimum atomic E-state index is -0.477. The number of methoxy groups -OCH3 is 1. The standard InChI is InChI=1S/C21H16N2O3S/c1-11-16(21(24)25-2)18-19(27-11)17(15(10-22)20(23)26-18)14-9-5-7-12-6-3-4-8-13(12)14/h3-9,17H,23H2,1-2H3/t17-/m1/s1. The average molecular weight is 376 g/mol. The molecular formula is C21H16N2O3S. The second kappa shape index (κ2) is 6.45. The van der Waals surface area contributed by atoms with Crippen LogP contribution in [0.5, 0.6) is 5.75 Å². The molecule has 2 N–H and O–H groups in total. The highest BCUT2D eigenvalue weighted by molar-refractivity contribution is 7.12. The van der Waals surface area contributed by atoms with Crippen molar-refractivity contribution in [3.8, 4) is 11.8 Å². The highest BCUT2D eigenvalue weighted by atomic mass is 32.1. The number of allylic oxidation sites excluding steroid dienone is 1. The number of benzene rings is 2. The fourth-order valence-electron chi connectivity index (χ4n) is 3.53. The maximum absolute atomic E-state index is 12.3. The summed E-state index contributed by atoms with van der Waals surface area (Å²) in [6.07, 6.45) is 0. The number of nitriles is 1. The number of nitrogens with zero attached hydrogens (tertiary/aromatic N) is 1. The van der Waals surface area contributed by atoms with E-state index in [1.807, 2.05) is 49.4 Å². The normalized spacial score (nSPS) is 15.8. The summed E-state index contributed by atoms with van der Waals surface area (Å²) in [6.45, 7) is 1.83. The molecule has 0 fully saturated rings. The van der Waals surface area contributed by atoms with Gasteiger partial charge >= 0.3 is 5.97 Å². The summed E-state index contributed by atoms with van der Waals surface area (Å²) >= 11 is 1.43. The van der Waals surface area contributed by atoms with Gasteiger partial charge < -0.3 is 15.2 Å². The zero-order valence-electron chi connectivity index (χ0n) is 14.8. The first-order valence-electron chi connectivity index (χ1n) is 8.33. The Kier molecular flexibility index (Phi) is 4.09. The third kappa shape index (κ3) is 2.56. The molecule has 1 aliphatic rings. The molecule has 3 aromatic rings. The van der Waals surface area contributed by atoms with E-state index in [0.717, 1.165) is 26.1 Å². The highest BCUT2D eigenvalue weighted by Gasteiger charge is 2.37. The van der Waals surface area contributed by atoms with Gasteiger partial charge in [0.2, 0.25) is 5.88 Å². The summed E-state index contributed by atoms with van der Waals surface area (Å²) in [5.41, 5.74) is 7.74. The molecule has 134 valence electrons. The Bertz CT molecular complexity index is 1150. The molecule has 0 spiro atoms. The lowest BCUT2D eigenvalue weighted by Crippen LogP contribution is -2.21.